The van der Waals surface area contributed by atoms with Gasteiger partial charge in [0.2, 0.25) is 0 Å². The molecule has 1 aliphatic heterocycles. The van der Waals surface area contributed by atoms with Gasteiger partial charge in [0.25, 0.3) is 0 Å². The lowest BCUT2D eigenvalue weighted by Gasteiger charge is -2.20. The number of alkyl halides is 3. The molecule has 0 radical (unpaired) electrons. The Balaban J connectivity index is 2.42. The van der Waals surface area contributed by atoms with Crippen LogP contribution in [0.3, 0.4) is 0 Å². The van der Waals surface area contributed by atoms with Gasteiger partial charge in [0, 0.05) is 5.92 Å². The van der Waals surface area contributed by atoms with Crippen LogP contribution in [0, 0.1) is 0 Å². The molecular formula is C12H12F3NO2. The summed E-state index contributed by atoms with van der Waals surface area (Å²) in [7, 11) is 0. The van der Waals surface area contributed by atoms with Crippen molar-refractivity contribution in [3.05, 3.63) is 35.4 Å². The Bertz CT molecular complexity index is 459. The van der Waals surface area contributed by atoms with Crippen LogP contribution in [0.5, 0.6) is 0 Å². The normalized spacial score (nSPS) is 24.2. The fraction of sp³-hybridized carbons (Fsp3) is 0.417. The van der Waals surface area contributed by atoms with E-state index in [-0.39, 0.29) is 5.56 Å². The second-order valence-electron chi connectivity index (χ2n) is 4.25. The number of hydrogen-bond acceptors (Lipinski definition) is 2. The summed E-state index contributed by atoms with van der Waals surface area (Å²) in [6.45, 7) is 0.411. The average molecular weight is 259 g/mol. The van der Waals surface area contributed by atoms with E-state index in [0.717, 1.165) is 6.07 Å². The van der Waals surface area contributed by atoms with Crippen molar-refractivity contribution in [3.8, 4) is 0 Å². The topological polar surface area (TPSA) is 49.3 Å². The summed E-state index contributed by atoms with van der Waals surface area (Å²) >= 11 is 0. The molecule has 0 saturated carbocycles. The van der Waals surface area contributed by atoms with E-state index in [2.05, 4.69) is 5.32 Å². The van der Waals surface area contributed by atoms with Crippen LogP contribution in [0.2, 0.25) is 0 Å². The Morgan fingerprint density at radius 3 is 2.61 bits per heavy atom. The molecule has 2 N–H and O–H groups in total. The molecule has 18 heavy (non-hydrogen) atoms. The first-order valence-corrected chi connectivity index (χ1v) is 5.53. The molecule has 1 aliphatic rings. The van der Waals surface area contributed by atoms with Crippen molar-refractivity contribution in [2.75, 3.05) is 6.54 Å². The Labute approximate surface area is 102 Å². The predicted octanol–water partition coefficient (Wildman–Crippen LogP) is 2.24. The van der Waals surface area contributed by atoms with Crippen molar-refractivity contribution in [3.63, 3.8) is 0 Å². The molecule has 3 nitrogen and oxygen atoms in total. The number of carboxylic acid groups (broad SMARTS) is 1. The largest absolute Gasteiger partial charge is 0.480 e. The third-order valence-corrected chi connectivity index (χ3v) is 3.15. The molecule has 2 atom stereocenters. The highest BCUT2D eigenvalue weighted by molar-refractivity contribution is 5.75. The smallest absolute Gasteiger partial charge is 0.416 e. The highest BCUT2D eigenvalue weighted by atomic mass is 19.4. The van der Waals surface area contributed by atoms with E-state index >= 15 is 0 Å². The van der Waals surface area contributed by atoms with E-state index in [0.29, 0.717) is 13.0 Å². The van der Waals surface area contributed by atoms with Gasteiger partial charge >= 0.3 is 12.1 Å². The highest BCUT2D eigenvalue weighted by Gasteiger charge is 2.40. The first kappa shape index (κ1) is 12.9. The van der Waals surface area contributed by atoms with E-state index in [1.807, 2.05) is 0 Å². The summed E-state index contributed by atoms with van der Waals surface area (Å²) in [4.78, 5) is 11.0. The third-order valence-electron chi connectivity index (χ3n) is 3.15. The summed E-state index contributed by atoms with van der Waals surface area (Å²) in [5, 5.41) is 11.7. The van der Waals surface area contributed by atoms with Crippen molar-refractivity contribution in [1.82, 2.24) is 5.32 Å². The molecule has 2 unspecified atom stereocenters. The Morgan fingerprint density at radius 1 is 1.33 bits per heavy atom. The molecular weight excluding hydrogens is 247 g/mol. The summed E-state index contributed by atoms with van der Waals surface area (Å²) in [5.41, 5.74) is -0.688. The fourth-order valence-electron chi connectivity index (χ4n) is 2.38. The Hall–Kier alpha value is -1.56. The first-order valence-electron chi connectivity index (χ1n) is 5.53. The fourth-order valence-corrected chi connectivity index (χ4v) is 2.38. The standard InChI is InChI=1S/C12H12F3NO2/c13-12(14,15)9-4-2-1-3-7(9)8-5-6-16-10(8)11(17)18/h1-4,8,10,16H,5-6H2,(H,17,18). The maximum Gasteiger partial charge on any atom is 0.416 e. The van der Waals surface area contributed by atoms with E-state index in [9.17, 15) is 18.0 Å². The number of carbonyl (C=O) groups is 1. The summed E-state index contributed by atoms with van der Waals surface area (Å²) in [6.07, 6.45) is -4.06. The number of aliphatic carboxylic acids is 1. The molecule has 1 aromatic carbocycles. The SMILES string of the molecule is O=C(O)C1NCCC1c1ccccc1C(F)(F)F. The van der Waals surface area contributed by atoms with Gasteiger partial charge in [-0.05, 0) is 24.6 Å². The second kappa shape index (κ2) is 4.61. The lowest BCUT2D eigenvalue weighted by molar-refractivity contribution is -0.141. The zero-order valence-electron chi connectivity index (χ0n) is 9.37. The number of hydrogen-bond donors (Lipinski definition) is 2. The van der Waals surface area contributed by atoms with Gasteiger partial charge in [-0.15, -0.1) is 0 Å². The Morgan fingerprint density at radius 2 is 2.00 bits per heavy atom. The van der Waals surface area contributed by atoms with Gasteiger partial charge in [-0.25, -0.2) is 0 Å². The van der Waals surface area contributed by atoms with Crippen LogP contribution in [0.4, 0.5) is 13.2 Å². The van der Waals surface area contributed by atoms with Crippen molar-refractivity contribution in [2.24, 2.45) is 0 Å². The zero-order valence-corrected chi connectivity index (χ0v) is 9.37. The molecule has 6 heteroatoms. The van der Waals surface area contributed by atoms with Crippen LogP contribution < -0.4 is 5.32 Å². The van der Waals surface area contributed by atoms with Crippen molar-refractivity contribution in [1.29, 1.82) is 0 Å². The molecule has 0 aromatic heterocycles. The number of rotatable bonds is 2. The van der Waals surface area contributed by atoms with Crippen molar-refractivity contribution >= 4 is 5.97 Å². The van der Waals surface area contributed by atoms with Gasteiger partial charge in [-0.1, -0.05) is 18.2 Å². The first-order chi connectivity index (χ1) is 8.41. The lowest BCUT2D eigenvalue weighted by atomic mass is 9.88. The molecule has 1 saturated heterocycles. The molecule has 2 rings (SSSR count). The number of halogens is 3. The van der Waals surface area contributed by atoms with Crippen LogP contribution in [-0.4, -0.2) is 23.7 Å². The molecule has 1 aromatic rings. The molecule has 98 valence electrons. The molecule has 1 fully saturated rings. The summed E-state index contributed by atoms with van der Waals surface area (Å²) < 4.78 is 38.6. The van der Waals surface area contributed by atoms with Gasteiger partial charge in [0.15, 0.2) is 0 Å². The van der Waals surface area contributed by atoms with Gasteiger partial charge in [-0.3, -0.25) is 4.79 Å². The van der Waals surface area contributed by atoms with Crippen LogP contribution in [0.25, 0.3) is 0 Å². The van der Waals surface area contributed by atoms with E-state index < -0.39 is 29.7 Å². The lowest BCUT2D eigenvalue weighted by Crippen LogP contribution is -2.35. The molecule has 1 heterocycles. The van der Waals surface area contributed by atoms with Crippen LogP contribution in [0.1, 0.15) is 23.5 Å². The monoisotopic (exact) mass is 259 g/mol. The Kier molecular flexibility index (Phi) is 3.30. The predicted molar refractivity (Wildman–Crippen MR) is 58.2 cm³/mol. The minimum Gasteiger partial charge on any atom is -0.480 e. The zero-order chi connectivity index (χ0) is 13.3. The van der Waals surface area contributed by atoms with Gasteiger partial charge in [0.05, 0.1) is 5.56 Å². The quantitative estimate of drug-likeness (QED) is 0.856. The maximum atomic E-state index is 12.9. The third kappa shape index (κ3) is 2.33. The minimum absolute atomic E-state index is 0.0578. The number of carboxylic acids is 1. The molecule has 0 amide bonds. The second-order valence-corrected chi connectivity index (χ2v) is 4.25. The minimum atomic E-state index is -4.46. The highest BCUT2D eigenvalue weighted by Crippen LogP contribution is 2.38. The van der Waals surface area contributed by atoms with E-state index in [1.54, 1.807) is 0 Å². The molecule has 0 bridgehead atoms. The average Bonchev–Trinajstić information content (AvgIpc) is 2.76. The van der Waals surface area contributed by atoms with Crippen LogP contribution in [-0.2, 0) is 11.0 Å². The van der Waals surface area contributed by atoms with E-state index in [4.69, 9.17) is 5.11 Å². The summed E-state index contributed by atoms with van der Waals surface area (Å²) in [5.74, 6) is -1.75. The van der Waals surface area contributed by atoms with Crippen molar-refractivity contribution < 1.29 is 23.1 Å². The summed E-state index contributed by atoms with van der Waals surface area (Å²) in [6, 6.07) is 4.21. The number of nitrogens with one attached hydrogen (secondary N) is 1. The van der Waals surface area contributed by atoms with Gasteiger partial charge in [0.1, 0.15) is 6.04 Å². The van der Waals surface area contributed by atoms with Gasteiger partial charge in [-0.2, -0.15) is 13.2 Å². The number of benzene rings is 1. The van der Waals surface area contributed by atoms with Crippen LogP contribution in [0.15, 0.2) is 24.3 Å². The van der Waals surface area contributed by atoms with Crippen molar-refractivity contribution in [2.45, 2.75) is 24.6 Å². The van der Waals surface area contributed by atoms with Crippen LogP contribution >= 0.6 is 0 Å². The molecule has 0 aliphatic carbocycles. The van der Waals surface area contributed by atoms with E-state index in [1.165, 1.54) is 18.2 Å². The van der Waals surface area contributed by atoms with Gasteiger partial charge < -0.3 is 10.4 Å². The maximum absolute atomic E-state index is 12.9. The molecule has 0 spiro atoms.